The summed E-state index contributed by atoms with van der Waals surface area (Å²) in [5.74, 6) is 0.930. The topological polar surface area (TPSA) is 69.4 Å². The summed E-state index contributed by atoms with van der Waals surface area (Å²) in [5.41, 5.74) is 1.28. The van der Waals surface area contributed by atoms with Crippen LogP contribution in [0.4, 0.5) is 5.69 Å². The Labute approximate surface area is 135 Å². The standard InChI is InChI=1S/C15H14ClNO4S/c1-21-15-7-6-13(17(18)19)8-12(15)10-22(20)9-11-4-2-3-5-14(11)16/h2-8H,9-10H2,1H3/t22-/m1/s1. The fourth-order valence-electron chi connectivity index (χ4n) is 2.00. The van der Waals surface area contributed by atoms with Crippen LogP contribution < -0.4 is 4.74 Å². The Morgan fingerprint density at radius 3 is 2.50 bits per heavy atom. The number of methoxy groups -OCH3 is 1. The lowest BCUT2D eigenvalue weighted by Gasteiger charge is -2.09. The molecule has 0 fully saturated rings. The van der Waals surface area contributed by atoms with Gasteiger partial charge in [-0.05, 0) is 17.7 Å². The van der Waals surface area contributed by atoms with Gasteiger partial charge in [0.25, 0.3) is 5.69 Å². The van der Waals surface area contributed by atoms with E-state index in [9.17, 15) is 14.3 Å². The van der Waals surface area contributed by atoms with Gasteiger partial charge in [0, 0.05) is 33.5 Å². The first kappa shape index (κ1) is 16.5. The molecule has 2 aromatic carbocycles. The molecule has 0 aliphatic rings. The molecule has 0 N–H and O–H groups in total. The van der Waals surface area contributed by atoms with Crippen molar-refractivity contribution in [1.82, 2.24) is 0 Å². The molecule has 0 bridgehead atoms. The summed E-state index contributed by atoms with van der Waals surface area (Å²) in [6.45, 7) is 0. The summed E-state index contributed by atoms with van der Waals surface area (Å²) >= 11 is 6.05. The Kier molecular flexibility index (Phi) is 5.51. The zero-order valence-corrected chi connectivity index (χ0v) is 13.4. The highest BCUT2D eigenvalue weighted by molar-refractivity contribution is 7.83. The van der Waals surface area contributed by atoms with Crippen molar-refractivity contribution in [1.29, 1.82) is 0 Å². The summed E-state index contributed by atoms with van der Waals surface area (Å²) in [5, 5.41) is 11.4. The van der Waals surface area contributed by atoms with Gasteiger partial charge in [-0.25, -0.2) is 0 Å². The SMILES string of the molecule is COc1ccc([N+](=O)[O-])cc1C[S@](=O)Cc1ccccc1Cl. The molecule has 5 nitrogen and oxygen atoms in total. The summed E-state index contributed by atoms with van der Waals surface area (Å²) in [4.78, 5) is 10.4. The normalized spacial score (nSPS) is 11.9. The number of rotatable bonds is 6. The van der Waals surface area contributed by atoms with E-state index in [0.29, 0.717) is 16.3 Å². The lowest BCUT2D eigenvalue weighted by molar-refractivity contribution is -0.384. The zero-order valence-electron chi connectivity index (χ0n) is 11.8. The Hall–Kier alpha value is -1.92. The largest absolute Gasteiger partial charge is 0.496 e. The number of hydrogen-bond donors (Lipinski definition) is 0. The Morgan fingerprint density at radius 2 is 1.86 bits per heavy atom. The quantitative estimate of drug-likeness (QED) is 0.594. The van der Waals surface area contributed by atoms with Gasteiger partial charge in [-0.3, -0.25) is 14.3 Å². The summed E-state index contributed by atoms with van der Waals surface area (Å²) in [6.07, 6.45) is 0. The first-order valence-corrected chi connectivity index (χ1v) is 8.27. The lowest BCUT2D eigenvalue weighted by atomic mass is 10.2. The first-order valence-electron chi connectivity index (χ1n) is 6.41. The van der Waals surface area contributed by atoms with Gasteiger partial charge < -0.3 is 4.74 Å². The Bertz CT molecular complexity index is 720. The molecule has 116 valence electrons. The van der Waals surface area contributed by atoms with Crippen LogP contribution in [-0.4, -0.2) is 16.2 Å². The van der Waals surface area contributed by atoms with Crippen LogP contribution in [0.15, 0.2) is 42.5 Å². The molecule has 7 heteroatoms. The molecule has 0 aliphatic heterocycles. The van der Waals surface area contributed by atoms with Crippen LogP contribution in [0.3, 0.4) is 0 Å². The molecule has 0 heterocycles. The third-order valence-corrected chi connectivity index (χ3v) is 4.70. The molecular formula is C15H14ClNO4S. The lowest BCUT2D eigenvalue weighted by Crippen LogP contribution is -2.03. The van der Waals surface area contributed by atoms with Gasteiger partial charge >= 0.3 is 0 Å². The molecule has 0 saturated heterocycles. The number of ether oxygens (including phenoxy) is 1. The van der Waals surface area contributed by atoms with Crippen LogP contribution in [0.5, 0.6) is 5.75 Å². The van der Waals surface area contributed by atoms with Crippen molar-refractivity contribution in [2.75, 3.05) is 7.11 Å². The average Bonchev–Trinajstić information content (AvgIpc) is 2.49. The molecule has 0 radical (unpaired) electrons. The highest BCUT2D eigenvalue weighted by atomic mass is 35.5. The molecule has 0 aliphatic carbocycles. The van der Waals surface area contributed by atoms with E-state index in [2.05, 4.69) is 0 Å². The summed E-state index contributed by atoms with van der Waals surface area (Å²) in [6, 6.07) is 11.4. The molecule has 0 saturated carbocycles. The monoisotopic (exact) mass is 339 g/mol. The van der Waals surface area contributed by atoms with E-state index >= 15 is 0 Å². The number of benzene rings is 2. The van der Waals surface area contributed by atoms with E-state index in [4.69, 9.17) is 16.3 Å². The van der Waals surface area contributed by atoms with Crippen LogP contribution >= 0.6 is 11.6 Å². The Balaban J connectivity index is 2.19. The highest BCUT2D eigenvalue weighted by Gasteiger charge is 2.14. The van der Waals surface area contributed by atoms with Crippen molar-refractivity contribution in [3.8, 4) is 5.75 Å². The van der Waals surface area contributed by atoms with E-state index in [1.165, 1.54) is 25.3 Å². The smallest absolute Gasteiger partial charge is 0.270 e. The fraction of sp³-hybridized carbons (Fsp3) is 0.200. The maximum atomic E-state index is 12.3. The maximum Gasteiger partial charge on any atom is 0.270 e. The second-order valence-corrected chi connectivity index (χ2v) is 6.44. The van der Waals surface area contributed by atoms with Crippen molar-refractivity contribution in [3.63, 3.8) is 0 Å². The fourth-order valence-corrected chi connectivity index (χ4v) is 3.56. The number of nitrogens with zero attached hydrogens (tertiary/aromatic N) is 1. The molecule has 0 spiro atoms. The predicted octanol–water partition coefficient (Wildman–Crippen LogP) is 3.71. The van der Waals surface area contributed by atoms with Gasteiger partial charge in [0.05, 0.1) is 23.5 Å². The van der Waals surface area contributed by atoms with E-state index in [0.717, 1.165) is 5.56 Å². The second-order valence-electron chi connectivity index (χ2n) is 4.57. The number of halogens is 1. The second kappa shape index (κ2) is 7.38. The molecular weight excluding hydrogens is 326 g/mol. The van der Waals surface area contributed by atoms with Gasteiger partial charge in [0.15, 0.2) is 0 Å². The third kappa shape index (κ3) is 4.05. The number of nitro benzene ring substituents is 1. The van der Waals surface area contributed by atoms with Crippen LogP contribution in [0.1, 0.15) is 11.1 Å². The van der Waals surface area contributed by atoms with E-state index < -0.39 is 15.7 Å². The van der Waals surface area contributed by atoms with Crippen molar-refractivity contribution in [3.05, 3.63) is 68.7 Å². The average molecular weight is 340 g/mol. The maximum absolute atomic E-state index is 12.3. The number of nitro groups is 1. The van der Waals surface area contributed by atoms with Gasteiger partial charge in [0.1, 0.15) is 5.75 Å². The number of non-ortho nitro benzene ring substituents is 1. The van der Waals surface area contributed by atoms with Crippen LogP contribution in [-0.2, 0) is 22.3 Å². The molecule has 22 heavy (non-hydrogen) atoms. The number of hydrogen-bond acceptors (Lipinski definition) is 4. The summed E-state index contributed by atoms with van der Waals surface area (Å²) in [7, 11) is 0.221. The van der Waals surface area contributed by atoms with E-state index in [1.807, 2.05) is 12.1 Å². The minimum atomic E-state index is -1.25. The van der Waals surface area contributed by atoms with E-state index in [1.54, 1.807) is 12.1 Å². The van der Waals surface area contributed by atoms with Gasteiger partial charge in [0.2, 0.25) is 0 Å². The van der Waals surface area contributed by atoms with Crippen molar-refractivity contribution in [2.24, 2.45) is 0 Å². The summed E-state index contributed by atoms with van der Waals surface area (Å²) < 4.78 is 17.5. The highest BCUT2D eigenvalue weighted by Crippen LogP contribution is 2.26. The van der Waals surface area contributed by atoms with Crippen molar-refractivity contribution < 1.29 is 13.9 Å². The van der Waals surface area contributed by atoms with Crippen LogP contribution in [0.2, 0.25) is 5.02 Å². The van der Waals surface area contributed by atoms with Crippen LogP contribution in [0, 0.1) is 10.1 Å². The van der Waals surface area contributed by atoms with Crippen molar-refractivity contribution >= 4 is 28.1 Å². The first-order chi connectivity index (χ1) is 10.5. The zero-order chi connectivity index (χ0) is 16.1. The van der Waals surface area contributed by atoms with Gasteiger partial charge in [-0.2, -0.15) is 0 Å². The van der Waals surface area contributed by atoms with Crippen molar-refractivity contribution in [2.45, 2.75) is 11.5 Å². The predicted molar refractivity (Wildman–Crippen MR) is 86.7 cm³/mol. The van der Waals surface area contributed by atoms with Crippen LogP contribution in [0.25, 0.3) is 0 Å². The van der Waals surface area contributed by atoms with Gasteiger partial charge in [-0.15, -0.1) is 0 Å². The minimum absolute atomic E-state index is 0.0504. The third-order valence-electron chi connectivity index (χ3n) is 3.07. The molecule has 2 rings (SSSR count). The molecule has 0 unspecified atom stereocenters. The van der Waals surface area contributed by atoms with E-state index in [-0.39, 0.29) is 17.2 Å². The van der Waals surface area contributed by atoms with Gasteiger partial charge in [-0.1, -0.05) is 29.8 Å². The minimum Gasteiger partial charge on any atom is -0.496 e. The Morgan fingerprint density at radius 1 is 1.18 bits per heavy atom. The molecule has 2 aromatic rings. The molecule has 0 aromatic heterocycles. The molecule has 0 amide bonds. The molecule has 1 atom stereocenters.